The molecular weight excluding hydrogens is 1190 g/mol. The number of phosphoric ester groups is 2. The molecule has 0 aromatic carbocycles. The summed E-state index contributed by atoms with van der Waals surface area (Å²) in [5, 5.41) is 10.6. The molecule has 0 saturated carbocycles. The summed E-state index contributed by atoms with van der Waals surface area (Å²) in [6, 6.07) is 0. The van der Waals surface area contributed by atoms with Gasteiger partial charge < -0.3 is 33.8 Å². The molecule has 19 heteroatoms. The van der Waals surface area contributed by atoms with Gasteiger partial charge >= 0.3 is 39.5 Å². The molecule has 0 aromatic heterocycles. The lowest BCUT2D eigenvalue weighted by molar-refractivity contribution is -0.161. The van der Waals surface area contributed by atoms with E-state index in [2.05, 4.69) is 41.5 Å². The van der Waals surface area contributed by atoms with Crippen LogP contribution in [0.5, 0.6) is 0 Å². The molecule has 0 rings (SSSR count). The van der Waals surface area contributed by atoms with Crippen LogP contribution in [0.3, 0.4) is 0 Å². The summed E-state index contributed by atoms with van der Waals surface area (Å²) in [6.45, 7) is 9.50. The molecule has 0 aliphatic rings. The molecule has 0 amide bonds. The Bertz CT molecular complexity index is 1750. The zero-order valence-electron chi connectivity index (χ0n) is 58.4. The maximum atomic E-state index is 13.0. The predicted molar refractivity (Wildman–Crippen MR) is 363 cm³/mol. The van der Waals surface area contributed by atoms with Crippen LogP contribution in [0, 0.1) is 11.8 Å². The summed E-state index contributed by atoms with van der Waals surface area (Å²) in [5.41, 5.74) is 0. The molecule has 90 heavy (non-hydrogen) atoms. The van der Waals surface area contributed by atoms with Crippen LogP contribution in [0.25, 0.3) is 0 Å². The van der Waals surface area contributed by atoms with E-state index in [1.54, 1.807) is 0 Å². The van der Waals surface area contributed by atoms with Crippen LogP contribution in [-0.4, -0.2) is 96.7 Å². The zero-order chi connectivity index (χ0) is 66.5. The van der Waals surface area contributed by atoms with Gasteiger partial charge in [0.1, 0.15) is 19.3 Å². The van der Waals surface area contributed by atoms with Gasteiger partial charge in [-0.1, -0.05) is 311 Å². The summed E-state index contributed by atoms with van der Waals surface area (Å²) in [4.78, 5) is 72.4. The number of unbranched alkanes of at least 4 members (excludes halogenated alkanes) is 39. The van der Waals surface area contributed by atoms with Gasteiger partial charge in [0.15, 0.2) is 12.2 Å². The smallest absolute Gasteiger partial charge is 0.462 e. The van der Waals surface area contributed by atoms with Crippen molar-refractivity contribution >= 4 is 39.5 Å². The number of rotatable bonds is 70. The monoisotopic (exact) mass is 1320 g/mol. The van der Waals surface area contributed by atoms with E-state index < -0.39 is 97.5 Å². The number of aliphatic hydroxyl groups excluding tert-OH is 1. The van der Waals surface area contributed by atoms with Crippen molar-refractivity contribution in [2.75, 3.05) is 39.6 Å². The molecule has 534 valence electrons. The van der Waals surface area contributed by atoms with Gasteiger partial charge in [-0.2, -0.15) is 0 Å². The number of carbonyl (C=O) groups is 4. The number of hydrogen-bond donors (Lipinski definition) is 3. The van der Waals surface area contributed by atoms with E-state index in [-0.39, 0.29) is 25.7 Å². The molecule has 0 bridgehead atoms. The van der Waals surface area contributed by atoms with Crippen molar-refractivity contribution in [1.29, 1.82) is 0 Å². The Morgan fingerprint density at radius 3 is 0.844 bits per heavy atom. The lowest BCUT2D eigenvalue weighted by Gasteiger charge is -2.21. The van der Waals surface area contributed by atoms with Crippen LogP contribution in [0.4, 0.5) is 0 Å². The van der Waals surface area contributed by atoms with Crippen LogP contribution in [0.15, 0.2) is 0 Å². The zero-order valence-corrected chi connectivity index (χ0v) is 60.2. The number of aliphatic hydroxyl groups is 1. The lowest BCUT2D eigenvalue weighted by atomic mass is 9.99. The van der Waals surface area contributed by atoms with E-state index in [1.165, 1.54) is 167 Å². The third-order valence-electron chi connectivity index (χ3n) is 16.8. The number of hydrogen-bond acceptors (Lipinski definition) is 15. The molecule has 0 spiro atoms. The van der Waals surface area contributed by atoms with E-state index in [0.29, 0.717) is 25.7 Å². The molecule has 3 unspecified atom stereocenters. The van der Waals surface area contributed by atoms with Crippen LogP contribution in [0.2, 0.25) is 0 Å². The van der Waals surface area contributed by atoms with Gasteiger partial charge in [-0.05, 0) is 37.5 Å². The van der Waals surface area contributed by atoms with Crippen molar-refractivity contribution in [1.82, 2.24) is 0 Å². The minimum atomic E-state index is -4.95. The predicted octanol–water partition coefficient (Wildman–Crippen LogP) is 20.4. The second-order valence-corrected chi connectivity index (χ2v) is 29.3. The molecular formula is C71H138O17P2. The first-order valence-electron chi connectivity index (χ1n) is 37.0. The van der Waals surface area contributed by atoms with Gasteiger partial charge in [0.2, 0.25) is 0 Å². The van der Waals surface area contributed by atoms with E-state index in [9.17, 15) is 43.2 Å². The van der Waals surface area contributed by atoms with Crippen molar-refractivity contribution in [2.24, 2.45) is 11.8 Å². The van der Waals surface area contributed by atoms with E-state index in [4.69, 9.17) is 37.0 Å². The summed E-state index contributed by atoms with van der Waals surface area (Å²) in [7, 11) is -9.90. The Labute approximate surface area is 549 Å². The quantitative estimate of drug-likeness (QED) is 0.0222. The number of ether oxygens (including phenoxy) is 4. The van der Waals surface area contributed by atoms with Crippen LogP contribution in [0.1, 0.15) is 363 Å². The van der Waals surface area contributed by atoms with Crippen LogP contribution >= 0.6 is 15.6 Å². The van der Waals surface area contributed by atoms with E-state index in [1.807, 2.05) is 0 Å². The third kappa shape index (κ3) is 63.5. The van der Waals surface area contributed by atoms with Crippen molar-refractivity contribution in [3.63, 3.8) is 0 Å². The molecule has 6 atom stereocenters. The summed E-state index contributed by atoms with van der Waals surface area (Å²) < 4.78 is 68.2. The van der Waals surface area contributed by atoms with Gasteiger partial charge in [-0.3, -0.25) is 37.3 Å². The van der Waals surface area contributed by atoms with Gasteiger partial charge in [-0.25, -0.2) is 9.13 Å². The highest BCUT2D eigenvalue weighted by molar-refractivity contribution is 7.47. The normalized spacial score (nSPS) is 14.4. The van der Waals surface area contributed by atoms with Gasteiger partial charge in [0.25, 0.3) is 0 Å². The molecule has 17 nitrogen and oxygen atoms in total. The van der Waals surface area contributed by atoms with E-state index in [0.717, 1.165) is 115 Å². The average molecular weight is 1330 g/mol. The topological polar surface area (TPSA) is 237 Å². The van der Waals surface area contributed by atoms with Crippen molar-refractivity contribution < 1.29 is 80.2 Å². The fourth-order valence-corrected chi connectivity index (χ4v) is 12.3. The first kappa shape index (κ1) is 88.1. The number of phosphoric acid groups is 2. The Morgan fingerprint density at radius 2 is 0.567 bits per heavy atom. The largest absolute Gasteiger partial charge is 0.472 e. The van der Waals surface area contributed by atoms with Gasteiger partial charge in [-0.15, -0.1) is 0 Å². The lowest BCUT2D eigenvalue weighted by Crippen LogP contribution is -2.30. The Balaban J connectivity index is 5.20. The van der Waals surface area contributed by atoms with Gasteiger partial charge in [0, 0.05) is 25.7 Å². The molecule has 3 N–H and O–H groups in total. The maximum Gasteiger partial charge on any atom is 0.472 e. The first-order chi connectivity index (χ1) is 43.4. The van der Waals surface area contributed by atoms with E-state index >= 15 is 0 Å². The first-order valence-corrected chi connectivity index (χ1v) is 40.0. The Hall–Kier alpha value is -1.94. The highest BCUT2D eigenvalue weighted by atomic mass is 31.2. The molecule has 0 aromatic rings. The summed E-state index contributed by atoms with van der Waals surface area (Å²) >= 11 is 0. The highest BCUT2D eigenvalue weighted by Crippen LogP contribution is 2.45. The maximum absolute atomic E-state index is 13.0. The van der Waals surface area contributed by atoms with Crippen LogP contribution < -0.4 is 0 Å². The molecule has 0 fully saturated rings. The standard InChI is InChI=1S/C71H138O17P2/c1-7-10-12-14-16-17-18-19-20-21-22-23-24-25-30-37-43-49-55-70(75)87-67(60-82-69(74)54-48-42-36-29-27-26-28-35-40-46-52-64(6)9-3)62-86-90(79,80)84-58-65(72)57-83-89(77,78)85-61-66(59-81-68(73)53-47-41-33-15-13-11-8-2)88-71(76)56-50-44-38-32-31-34-39-45-51-63(4)5/h63-67,72H,7-62H2,1-6H3,(H,77,78)(H,79,80)/t64?,65-,66+,67+/m0/s1. The minimum absolute atomic E-state index is 0.104. The van der Waals surface area contributed by atoms with Crippen molar-refractivity contribution in [3.8, 4) is 0 Å². The molecule has 0 heterocycles. The van der Waals surface area contributed by atoms with Crippen molar-refractivity contribution in [2.45, 2.75) is 381 Å². The Morgan fingerprint density at radius 1 is 0.322 bits per heavy atom. The Kier molecular flexibility index (Phi) is 61.8. The number of esters is 4. The second-order valence-electron chi connectivity index (χ2n) is 26.3. The van der Waals surface area contributed by atoms with Crippen molar-refractivity contribution in [3.05, 3.63) is 0 Å². The third-order valence-corrected chi connectivity index (χ3v) is 18.7. The molecule has 0 aliphatic heterocycles. The highest BCUT2D eigenvalue weighted by Gasteiger charge is 2.30. The molecule has 0 saturated heterocycles. The SMILES string of the molecule is CCCCCCCCCCCCCCCCCCCCC(=O)O[C@H](COC(=O)CCCCCCCCCCCCC(C)CC)COP(=O)(O)OC[C@@H](O)COP(=O)(O)OC[C@@H](COC(=O)CCCCCCCCC)OC(=O)CCCCCCCCCCC(C)C. The fourth-order valence-electron chi connectivity index (χ4n) is 10.7. The van der Waals surface area contributed by atoms with Crippen LogP contribution in [-0.2, 0) is 65.4 Å². The summed E-state index contributed by atoms with van der Waals surface area (Å²) in [6.07, 6.45) is 48.7. The molecule has 0 aliphatic carbocycles. The fraction of sp³-hybridized carbons (Fsp3) is 0.944. The number of carbonyl (C=O) groups excluding carboxylic acids is 4. The minimum Gasteiger partial charge on any atom is -0.462 e. The second kappa shape index (κ2) is 63.1. The van der Waals surface area contributed by atoms with Gasteiger partial charge in [0.05, 0.1) is 26.4 Å². The average Bonchev–Trinajstić information content (AvgIpc) is 3.59. The summed E-state index contributed by atoms with van der Waals surface area (Å²) in [5.74, 6) is -0.600. The molecule has 0 radical (unpaired) electrons.